The summed E-state index contributed by atoms with van der Waals surface area (Å²) in [6, 6.07) is 17.9. The molecule has 6 heteroatoms. The number of furan rings is 1. The maximum Gasteiger partial charge on any atom is 0.263 e. The number of amides is 2. The topological polar surface area (TPSA) is 63.0 Å². The van der Waals surface area contributed by atoms with Gasteiger partial charge in [0, 0.05) is 20.0 Å². The average molecular weight is 503 g/mol. The predicted octanol–water partition coefficient (Wildman–Crippen LogP) is 5.92. The number of hydrogen-bond donors (Lipinski definition) is 0. The van der Waals surface area contributed by atoms with Gasteiger partial charge in [0.05, 0.1) is 18.8 Å². The van der Waals surface area contributed by atoms with Crippen LogP contribution in [-0.2, 0) is 22.6 Å². The normalized spacial score (nSPS) is 15.8. The van der Waals surface area contributed by atoms with Gasteiger partial charge in [-0.1, -0.05) is 56.7 Å². The van der Waals surface area contributed by atoms with Crippen LogP contribution in [0.15, 0.2) is 65.3 Å². The molecule has 3 aromatic rings. The van der Waals surface area contributed by atoms with Crippen LogP contribution < -0.4 is 4.74 Å². The van der Waals surface area contributed by atoms with Gasteiger partial charge in [0.2, 0.25) is 5.91 Å². The van der Waals surface area contributed by atoms with E-state index in [0.29, 0.717) is 31.7 Å². The highest BCUT2D eigenvalue weighted by atomic mass is 16.5. The van der Waals surface area contributed by atoms with Gasteiger partial charge in [-0.25, -0.2) is 0 Å². The molecule has 0 fully saturated rings. The summed E-state index contributed by atoms with van der Waals surface area (Å²) in [5.41, 5.74) is 4.54. The van der Waals surface area contributed by atoms with Crippen LogP contribution in [0.25, 0.3) is 0 Å². The molecule has 0 aliphatic carbocycles. The van der Waals surface area contributed by atoms with E-state index in [4.69, 9.17) is 9.15 Å². The maximum absolute atomic E-state index is 13.3. The second kappa shape index (κ2) is 11.7. The van der Waals surface area contributed by atoms with Crippen molar-refractivity contribution in [2.45, 2.75) is 65.6 Å². The molecule has 0 spiro atoms. The highest BCUT2D eigenvalue weighted by molar-refractivity contribution is 5.81. The predicted molar refractivity (Wildman–Crippen MR) is 144 cm³/mol. The molecule has 2 aromatic carbocycles. The molecule has 0 radical (unpaired) electrons. The van der Waals surface area contributed by atoms with E-state index in [1.54, 1.807) is 18.2 Å². The number of benzene rings is 2. The second-order valence-corrected chi connectivity index (χ2v) is 10.4. The van der Waals surface area contributed by atoms with E-state index in [-0.39, 0.29) is 23.8 Å². The van der Waals surface area contributed by atoms with Crippen LogP contribution in [-0.4, -0.2) is 41.3 Å². The highest BCUT2D eigenvalue weighted by Crippen LogP contribution is 2.38. The summed E-state index contributed by atoms with van der Waals surface area (Å²) in [5.74, 6) is 1.73. The molecule has 1 aliphatic heterocycles. The Hall–Kier alpha value is -3.54. The molecule has 1 aromatic heterocycles. The van der Waals surface area contributed by atoms with E-state index < -0.39 is 6.10 Å². The van der Waals surface area contributed by atoms with Crippen LogP contribution in [0, 0.1) is 12.8 Å². The fourth-order valence-corrected chi connectivity index (χ4v) is 4.94. The van der Waals surface area contributed by atoms with E-state index in [1.807, 2.05) is 36.1 Å². The summed E-state index contributed by atoms with van der Waals surface area (Å²) in [6.07, 6.45) is 2.84. The lowest BCUT2D eigenvalue weighted by Gasteiger charge is -2.38. The third-order valence-corrected chi connectivity index (χ3v) is 6.92. The lowest BCUT2D eigenvalue weighted by atomic mass is 9.87. The molecule has 0 unspecified atom stereocenters. The Morgan fingerprint density at radius 2 is 1.89 bits per heavy atom. The van der Waals surface area contributed by atoms with Crippen LogP contribution in [0.4, 0.5) is 0 Å². The van der Waals surface area contributed by atoms with E-state index in [0.717, 1.165) is 23.3 Å². The van der Waals surface area contributed by atoms with Gasteiger partial charge in [0.1, 0.15) is 11.5 Å². The monoisotopic (exact) mass is 502 g/mol. The first kappa shape index (κ1) is 26.5. The highest BCUT2D eigenvalue weighted by Gasteiger charge is 2.33. The van der Waals surface area contributed by atoms with Gasteiger partial charge in [-0.3, -0.25) is 9.59 Å². The smallest absolute Gasteiger partial charge is 0.263 e. The standard InChI is InChI=1S/C31H38N2O4/c1-6-28(31(35)32(5)20-26-8-7-17-36-26)37-25-14-13-23-15-16-33(29(34)18-21(2)3)30(27(23)19-25)24-11-9-22(4)10-12-24/h7-14,17,19,21,28,30H,6,15-16,18,20H2,1-5H3/t28-,30-/m1/s1. The van der Waals surface area contributed by atoms with Crippen molar-refractivity contribution in [3.63, 3.8) is 0 Å². The van der Waals surface area contributed by atoms with Crippen molar-refractivity contribution in [2.75, 3.05) is 13.6 Å². The largest absolute Gasteiger partial charge is 0.481 e. The lowest BCUT2D eigenvalue weighted by Crippen LogP contribution is -2.41. The first-order valence-corrected chi connectivity index (χ1v) is 13.2. The lowest BCUT2D eigenvalue weighted by molar-refractivity contribution is -0.138. The zero-order valence-electron chi connectivity index (χ0n) is 22.6. The Balaban J connectivity index is 1.62. The first-order chi connectivity index (χ1) is 17.8. The number of aryl methyl sites for hydroxylation is 1. The quantitative estimate of drug-likeness (QED) is 0.364. The molecule has 2 amide bonds. The fraction of sp³-hybridized carbons (Fsp3) is 0.419. The van der Waals surface area contributed by atoms with E-state index in [9.17, 15) is 9.59 Å². The Bertz CT molecular complexity index is 1200. The molecule has 37 heavy (non-hydrogen) atoms. The number of carbonyl (C=O) groups is 2. The molecule has 4 rings (SSSR count). The summed E-state index contributed by atoms with van der Waals surface area (Å²) in [6.45, 7) is 9.24. The van der Waals surface area contributed by atoms with Crippen molar-refractivity contribution < 1.29 is 18.7 Å². The van der Waals surface area contributed by atoms with Gasteiger partial charge in [0.25, 0.3) is 5.91 Å². The number of fused-ring (bicyclic) bond motifs is 1. The Morgan fingerprint density at radius 3 is 2.54 bits per heavy atom. The Morgan fingerprint density at radius 1 is 1.14 bits per heavy atom. The van der Waals surface area contributed by atoms with Gasteiger partial charge < -0.3 is 19.0 Å². The molecule has 2 heterocycles. The van der Waals surface area contributed by atoms with Gasteiger partial charge in [-0.15, -0.1) is 0 Å². The Kier molecular flexibility index (Phi) is 8.37. The van der Waals surface area contributed by atoms with Crippen molar-refractivity contribution in [2.24, 2.45) is 5.92 Å². The minimum atomic E-state index is -0.613. The number of nitrogens with zero attached hydrogens (tertiary/aromatic N) is 2. The van der Waals surface area contributed by atoms with Crippen LogP contribution in [0.2, 0.25) is 0 Å². The number of ether oxygens (including phenoxy) is 1. The average Bonchev–Trinajstić information content (AvgIpc) is 3.39. The Labute approximate surface area is 220 Å². The first-order valence-electron chi connectivity index (χ1n) is 13.2. The van der Waals surface area contributed by atoms with Crippen molar-refractivity contribution in [3.8, 4) is 5.75 Å². The minimum absolute atomic E-state index is 0.0968. The summed E-state index contributed by atoms with van der Waals surface area (Å²) >= 11 is 0. The van der Waals surface area contributed by atoms with E-state index in [2.05, 4.69) is 51.1 Å². The summed E-state index contributed by atoms with van der Waals surface area (Å²) < 4.78 is 11.7. The molecule has 2 atom stereocenters. The molecular formula is C31H38N2O4. The van der Waals surface area contributed by atoms with Crippen LogP contribution in [0.1, 0.15) is 67.7 Å². The zero-order chi connectivity index (χ0) is 26.5. The summed E-state index contributed by atoms with van der Waals surface area (Å²) in [7, 11) is 1.76. The zero-order valence-corrected chi connectivity index (χ0v) is 22.6. The SMILES string of the molecule is CC[C@@H](Oc1ccc2c(c1)[C@@H](c1ccc(C)cc1)N(C(=O)CC(C)C)CC2)C(=O)N(C)Cc1ccco1. The number of likely N-dealkylation sites (N-methyl/N-ethyl adjacent to an activating group) is 1. The van der Waals surface area contributed by atoms with Crippen molar-refractivity contribution in [3.05, 3.63) is 88.9 Å². The van der Waals surface area contributed by atoms with Crippen LogP contribution in [0.3, 0.4) is 0 Å². The third-order valence-electron chi connectivity index (χ3n) is 6.92. The second-order valence-electron chi connectivity index (χ2n) is 10.4. The van der Waals surface area contributed by atoms with E-state index in [1.165, 1.54) is 11.1 Å². The van der Waals surface area contributed by atoms with Gasteiger partial charge in [-0.05, 0) is 66.6 Å². The maximum atomic E-state index is 13.3. The molecule has 0 N–H and O–H groups in total. The van der Waals surface area contributed by atoms with Crippen LogP contribution in [0.5, 0.6) is 5.75 Å². The van der Waals surface area contributed by atoms with Gasteiger partial charge in [0.15, 0.2) is 6.10 Å². The molecule has 6 nitrogen and oxygen atoms in total. The van der Waals surface area contributed by atoms with Crippen molar-refractivity contribution in [1.29, 1.82) is 0 Å². The number of hydrogen-bond acceptors (Lipinski definition) is 4. The van der Waals surface area contributed by atoms with Gasteiger partial charge in [-0.2, -0.15) is 0 Å². The number of rotatable bonds is 9. The van der Waals surface area contributed by atoms with Crippen LogP contribution >= 0.6 is 0 Å². The van der Waals surface area contributed by atoms with E-state index >= 15 is 0 Å². The van der Waals surface area contributed by atoms with Gasteiger partial charge >= 0.3 is 0 Å². The minimum Gasteiger partial charge on any atom is -0.481 e. The number of carbonyl (C=O) groups excluding carboxylic acids is 2. The molecular weight excluding hydrogens is 464 g/mol. The summed E-state index contributed by atoms with van der Waals surface area (Å²) in [5, 5.41) is 0. The molecule has 0 bridgehead atoms. The molecule has 1 aliphatic rings. The molecule has 0 saturated heterocycles. The summed E-state index contributed by atoms with van der Waals surface area (Å²) in [4.78, 5) is 30.1. The fourth-order valence-electron chi connectivity index (χ4n) is 4.94. The third kappa shape index (κ3) is 6.24. The van der Waals surface area contributed by atoms with Crippen molar-refractivity contribution >= 4 is 11.8 Å². The molecule has 196 valence electrons. The van der Waals surface area contributed by atoms with Crippen molar-refractivity contribution in [1.82, 2.24) is 9.80 Å². The molecule has 0 saturated carbocycles.